The highest BCUT2D eigenvalue weighted by Crippen LogP contribution is 2.34. The molecule has 0 radical (unpaired) electrons. The number of pyridine rings is 1. The SMILES string of the molecule is Cc1cc(/C=C/C(=O)N2CCN(Cc3ccc(CCOc4ccc(I)cc4)cc3)CC2)cc(Cl)c1Oc1ccc(OCc2ccc(C(F)(F)F)cc2)cn1.Cl. The van der Waals surface area contributed by atoms with Gasteiger partial charge >= 0.3 is 6.18 Å². The first-order valence-electron chi connectivity index (χ1n) is 17.4. The second-order valence-electron chi connectivity index (χ2n) is 12.9. The fourth-order valence-corrected chi connectivity index (χ4v) is 6.52. The van der Waals surface area contributed by atoms with E-state index >= 15 is 0 Å². The van der Waals surface area contributed by atoms with Gasteiger partial charge in [0.05, 0.1) is 23.4 Å². The van der Waals surface area contributed by atoms with Crippen LogP contribution in [-0.2, 0) is 30.5 Å². The lowest BCUT2D eigenvalue weighted by Crippen LogP contribution is -2.47. The van der Waals surface area contributed by atoms with Gasteiger partial charge in [-0.1, -0.05) is 48.0 Å². The predicted molar refractivity (Wildman–Crippen MR) is 219 cm³/mol. The van der Waals surface area contributed by atoms with Crippen LogP contribution in [0.2, 0.25) is 5.02 Å². The molecule has 0 atom stereocenters. The number of hydrogen-bond donors (Lipinski definition) is 0. The van der Waals surface area contributed by atoms with Gasteiger partial charge in [-0.2, -0.15) is 13.2 Å². The van der Waals surface area contributed by atoms with Crippen LogP contribution in [0.25, 0.3) is 6.08 Å². The zero-order chi connectivity index (χ0) is 38.1. The van der Waals surface area contributed by atoms with Crippen LogP contribution in [0.3, 0.4) is 0 Å². The third-order valence-electron chi connectivity index (χ3n) is 8.86. The number of carbonyl (C=O) groups excluding carboxylic acids is 1. The van der Waals surface area contributed by atoms with E-state index in [0.29, 0.717) is 41.8 Å². The summed E-state index contributed by atoms with van der Waals surface area (Å²) in [4.78, 5) is 21.5. The van der Waals surface area contributed by atoms with E-state index in [1.807, 2.05) is 42.2 Å². The molecular formula is C42H39Cl2F3IN3O4. The van der Waals surface area contributed by atoms with Crippen LogP contribution in [0.15, 0.2) is 109 Å². The van der Waals surface area contributed by atoms with Gasteiger partial charge in [0.2, 0.25) is 11.8 Å². The van der Waals surface area contributed by atoms with Crippen molar-refractivity contribution in [1.82, 2.24) is 14.8 Å². The van der Waals surface area contributed by atoms with Crippen molar-refractivity contribution in [2.75, 3.05) is 32.8 Å². The maximum absolute atomic E-state index is 13.0. The van der Waals surface area contributed by atoms with Gasteiger partial charge in [-0.25, -0.2) is 4.98 Å². The van der Waals surface area contributed by atoms with Gasteiger partial charge in [0.25, 0.3) is 0 Å². The molecule has 6 rings (SSSR count). The number of aromatic nitrogens is 1. The van der Waals surface area contributed by atoms with Crippen LogP contribution in [0.5, 0.6) is 23.1 Å². The highest BCUT2D eigenvalue weighted by atomic mass is 127. The molecule has 288 valence electrons. The third-order valence-corrected chi connectivity index (χ3v) is 9.86. The Labute approximate surface area is 343 Å². The fourth-order valence-electron chi connectivity index (χ4n) is 5.84. The molecule has 2 heterocycles. The Hall–Kier alpha value is -4.30. The first-order chi connectivity index (χ1) is 26.0. The third kappa shape index (κ3) is 12.3. The zero-order valence-corrected chi connectivity index (χ0v) is 33.6. The molecule has 5 aromatic rings. The number of halogens is 6. The quantitative estimate of drug-likeness (QED) is 0.0867. The maximum atomic E-state index is 13.0. The minimum Gasteiger partial charge on any atom is -0.493 e. The Morgan fingerprint density at radius 2 is 1.51 bits per heavy atom. The van der Waals surface area contributed by atoms with Crippen LogP contribution in [0.1, 0.15) is 33.4 Å². The van der Waals surface area contributed by atoms with Crippen LogP contribution >= 0.6 is 46.6 Å². The van der Waals surface area contributed by atoms with Crippen molar-refractivity contribution in [3.8, 4) is 23.1 Å². The van der Waals surface area contributed by atoms with Crippen LogP contribution in [0, 0.1) is 10.5 Å². The lowest BCUT2D eigenvalue weighted by Gasteiger charge is -2.34. The average molecular weight is 905 g/mol. The number of benzene rings is 4. The summed E-state index contributed by atoms with van der Waals surface area (Å²) >= 11 is 8.87. The normalized spacial score (nSPS) is 13.4. The summed E-state index contributed by atoms with van der Waals surface area (Å²) in [5.41, 5.74) is 3.89. The van der Waals surface area contributed by atoms with Gasteiger partial charge < -0.3 is 19.1 Å². The molecule has 1 amide bonds. The lowest BCUT2D eigenvalue weighted by atomic mass is 10.1. The summed E-state index contributed by atoms with van der Waals surface area (Å²) < 4.78 is 57.1. The molecule has 55 heavy (non-hydrogen) atoms. The van der Waals surface area contributed by atoms with Crippen molar-refractivity contribution < 1.29 is 32.2 Å². The summed E-state index contributed by atoms with van der Waals surface area (Å²) in [5, 5.41) is 0.364. The molecule has 1 aliphatic rings. The smallest absolute Gasteiger partial charge is 0.416 e. The van der Waals surface area contributed by atoms with Crippen molar-refractivity contribution in [1.29, 1.82) is 0 Å². The topological polar surface area (TPSA) is 64.1 Å². The molecular weight excluding hydrogens is 865 g/mol. The summed E-state index contributed by atoms with van der Waals surface area (Å²) in [7, 11) is 0. The van der Waals surface area contributed by atoms with Crippen molar-refractivity contribution >= 4 is 58.6 Å². The fraction of sp³-hybridized carbons (Fsp3) is 0.238. The van der Waals surface area contributed by atoms with E-state index in [1.165, 1.54) is 33.0 Å². The summed E-state index contributed by atoms with van der Waals surface area (Å²) in [5.74, 6) is 1.98. The first-order valence-corrected chi connectivity index (χ1v) is 18.8. The maximum Gasteiger partial charge on any atom is 0.416 e. The summed E-state index contributed by atoms with van der Waals surface area (Å²) in [6, 6.07) is 28.4. The molecule has 1 fully saturated rings. The van der Waals surface area contributed by atoms with Crippen molar-refractivity contribution in [3.05, 3.63) is 151 Å². The summed E-state index contributed by atoms with van der Waals surface area (Å²) in [6.07, 6.45) is 1.26. The molecule has 0 bridgehead atoms. The van der Waals surface area contributed by atoms with E-state index in [-0.39, 0.29) is 30.8 Å². The van der Waals surface area contributed by atoms with Gasteiger partial charge in [0, 0.05) is 54.9 Å². The van der Waals surface area contributed by atoms with Crippen LogP contribution in [0.4, 0.5) is 13.2 Å². The number of hydrogen-bond acceptors (Lipinski definition) is 6. The average Bonchev–Trinajstić information content (AvgIpc) is 3.16. The number of carbonyl (C=O) groups is 1. The van der Waals surface area contributed by atoms with Gasteiger partial charge in [0.1, 0.15) is 18.1 Å². The molecule has 1 aliphatic heterocycles. The molecule has 13 heteroatoms. The largest absolute Gasteiger partial charge is 0.493 e. The van der Waals surface area contributed by atoms with Crippen molar-refractivity contribution in [2.45, 2.75) is 32.7 Å². The molecule has 0 aliphatic carbocycles. The van der Waals surface area contributed by atoms with E-state index < -0.39 is 11.7 Å². The van der Waals surface area contributed by atoms with E-state index in [9.17, 15) is 18.0 Å². The van der Waals surface area contributed by atoms with Crippen molar-refractivity contribution in [3.63, 3.8) is 0 Å². The summed E-state index contributed by atoms with van der Waals surface area (Å²) in [6.45, 7) is 6.29. The molecule has 0 saturated carbocycles. The first kappa shape index (κ1) is 41.9. The lowest BCUT2D eigenvalue weighted by molar-refractivity contribution is -0.137. The van der Waals surface area contributed by atoms with Crippen LogP contribution < -0.4 is 14.2 Å². The molecule has 0 N–H and O–H groups in total. The van der Waals surface area contributed by atoms with E-state index in [0.717, 1.165) is 55.1 Å². The molecule has 1 aromatic heterocycles. The van der Waals surface area contributed by atoms with E-state index in [2.05, 4.69) is 56.7 Å². The number of rotatable bonds is 13. The Bertz CT molecular complexity index is 2020. The standard InChI is InChI=1S/C42H38ClF3IN3O4.ClH/c1-29-24-33(25-38(43)41(29)54-39-16-15-37(26-48-39)53-28-32-6-9-34(10-7-32)42(44,45)46)8-17-40(51)50-21-19-49(20-22-50)27-31-4-2-30(3-5-31)18-23-52-36-13-11-35(47)12-14-36;/h2-17,24-26H,18-23,27-28H2,1H3;1H/b17-8+;. The van der Waals surface area contributed by atoms with Gasteiger partial charge in [-0.15, -0.1) is 12.4 Å². The minimum absolute atomic E-state index is 0. The Kier molecular flexibility index (Phi) is 14.9. The number of alkyl halides is 3. The second kappa shape index (κ2) is 19.5. The van der Waals surface area contributed by atoms with Gasteiger partial charge in [-0.05, 0) is 118 Å². The highest BCUT2D eigenvalue weighted by molar-refractivity contribution is 14.1. The molecule has 0 unspecified atom stereocenters. The predicted octanol–water partition coefficient (Wildman–Crippen LogP) is 10.4. The second-order valence-corrected chi connectivity index (χ2v) is 14.5. The number of nitrogens with zero attached hydrogens (tertiary/aromatic N) is 3. The molecule has 0 spiro atoms. The number of piperazine rings is 1. The highest BCUT2D eigenvalue weighted by Gasteiger charge is 2.30. The molecule has 4 aromatic carbocycles. The van der Waals surface area contributed by atoms with Crippen molar-refractivity contribution in [2.24, 2.45) is 0 Å². The molecule has 1 saturated heterocycles. The molecule has 7 nitrogen and oxygen atoms in total. The van der Waals surface area contributed by atoms with E-state index in [4.69, 9.17) is 25.8 Å². The van der Waals surface area contributed by atoms with Gasteiger partial charge in [-0.3, -0.25) is 9.69 Å². The minimum atomic E-state index is -4.39. The zero-order valence-electron chi connectivity index (χ0n) is 29.9. The number of aryl methyl sites for hydroxylation is 1. The monoisotopic (exact) mass is 903 g/mol. The Morgan fingerprint density at radius 1 is 0.855 bits per heavy atom. The number of ether oxygens (including phenoxy) is 3. The van der Waals surface area contributed by atoms with Crippen LogP contribution in [-0.4, -0.2) is 53.5 Å². The Morgan fingerprint density at radius 3 is 2.15 bits per heavy atom. The number of amides is 1. The van der Waals surface area contributed by atoms with E-state index in [1.54, 1.807) is 30.4 Å². The Balaban J connectivity index is 0.00000580. The van der Waals surface area contributed by atoms with Gasteiger partial charge in [0.15, 0.2) is 5.75 Å².